The van der Waals surface area contributed by atoms with E-state index in [1.807, 2.05) is 4.72 Å². The predicted octanol–water partition coefficient (Wildman–Crippen LogP) is 1.39. The Hall–Kier alpha value is -3.53. The lowest BCUT2D eigenvalue weighted by molar-refractivity contribution is 0.0689. The van der Waals surface area contributed by atoms with Crippen LogP contribution in [0.4, 0.5) is 0 Å². The zero-order valence-corrected chi connectivity index (χ0v) is 14.8. The summed E-state index contributed by atoms with van der Waals surface area (Å²) >= 11 is 0. The lowest BCUT2D eigenvalue weighted by Crippen LogP contribution is -2.31. The molecule has 0 atom stereocenters. The van der Waals surface area contributed by atoms with Gasteiger partial charge in [-0.15, -0.1) is 0 Å². The molecule has 9 nitrogen and oxygen atoms in total. The fraction of sp³-hybridized carbons (Fsp3) is 0.0588. The van der Waals surface area contributed by atoms with Crippen LogP contribution in [0, 0.1) is 6.92 Å². The third-order valence-electron chi connectivity index (χ3n) is 3.62. The number of sulfonamides is 1. The summed E-state index contributed by atoms with van der Waals surface area (Å²) in [6, 6.07) is 10.2. The first-order valence-corrected chi connectivity index (χ1v) is 9.14. The van der Waals surface area contributed by atoms with E-state index < -0.39 is 21.9 Å². The van der Waals surface area contributed by atoms with Crippen LogP contribution in [0.1, 0.15) is 26.5 Å². The fourth-order valence-corrected chi connectivity index (χ4v) is 3.33. The van der Waals surface area contributed by atoms with Crippen LogP contribution in [0.2, 0.25) is 0 Å². The van der Waals surface area contributed by atoms with E-state index in [4.69, 9.17) is 5.11 Å². The minimum absolute atomic E-state index is 0.0361. The Bertz CT molecular complexity index is 1120. The first kappa shape index (κ1) is 18.3. The molecular weight excluding hydrogens is 372 g/mol. The number of aromatic carboxylic acids is 1. The molecule has 0 aliphatic heterocycles. The Labute approximate surface area is 154 Å². The van der Waals surface area contributed by atoms with Crippen LogP contribution >= 0.6 is 0 Å². The molecule has 0 aliphatic rings. The van der Waals surface area contributed by atoms with Crippen LogP contribution in [0.5, 0.6) is 0 Å². The topological polar surface area (TPSA) is 131 Å². The fourth-order valence-electron chi connectivity index (χ4n) is 2.33. The number of carboxylic acids is 1. The van der Waals surface area contributed by atoms with Crippen molar-refractivity contribution in [3.05, 3.63) is 71.8 Å². The highest BCUT2D eigenvalue weighted by Gasteiger charge is 2.20. The summed E-state index contributed by atoms with van der Waals surface area (Å²) in [5.41, 5.74) is 0.593. The quantitative estimate of drug-likeness (QED) is 0.677. The number of carbonyl (C=O) groups excluding carboxylic acids is 1. The molecule has 0 fully saturated rings. The van der Waals surface area contributed by atoms with Crippen molar-refractivity contribution in [1.29, 1.82) is 0 Å². The van der Waals surface area contributed by atoms with Crippen molar-refractivity contribution < 1.29 is 23.1 Å². The van der Waals surface area contributed by atoms with Gasteiger partial charge in [-0.3, -0.25) is 9.78 Å². The van der Waals surface area contributed by atoms with Crippen molar-refractivity contribution >= 4 is 21.9 Å². The van der Waals surface area contributed by atoms with Gasteiger partial charge in [-0.25, -0.2) is 22.6 Å². The summed E-state index contributed by atoms with van der Waals surface area (Å²) in [5, 5.41) is 13.0. The Morgan fingerprint density at radius 1 is 1.15 bits per heavy atom. The molecule has 10 heteroatoms. The molecule has 0 bridgehead atoms. The summed E-state index contributed by atoms with van der Waals surface area (Å²) in [5.74, 6) is -2.04. The van der Waals surface area contributed by atoms with E-state index in [1.54, 1.807) is 25.1 Å². The van der Waals surface area contributed by atoms with E-state index in [1.165, 1.54) is 41.3 Å². The lowest BCUT2D eigenvalue weighted by Gasteiger charge is -2.08. The van der Waals surface area contributed by atoms with Crippen LogP contribution in [0.3, 0.4) is 0 Å². The zero-order valence-electron chi connectivity index (χ0n) is 14.0. The highest BCUT2D eigenvalue weighted by Crippen LogP contribution is 2.17. The Morgan fingerprint density at radius 2 is 1.93 bits per heavy atom. The van der Waals surface area contributed by atoms with Gasteiger partial charge in [0, 0.05) is 18.0 Å². The van der Waals surface area contributed by atoms with Gasteiger partial charge < -0.3 is 5.11 Å². The van der Waals surface area contributed by atoms with Gasteiger partial charge in [-0.05, 0) is 37.3 Å². The van der Waals surface area contributed by atoms with Crippen molar-refractivity contribution in [2.24, 2.45) is 0 Å². The van der Waals surface area contributed by atoms with Crippen molar-refractivity contribution in [1.82, 2.24) is 19.5 Å². The van der Waals surface area contributed by atoms with E-state index in [0.717, 1.165) is 0 Å². The first-order chi connectivity index (χ1) is 12.8. The SMILES string of the molecule is Cc1cn(-c2cccc(S(=O)(=O)NC(=O)c3ccccn3)c2)nc1C(=O)O. The van der Waals surface area contributed by atoms with Crippen LogP contribution in [0.25, 0.3) is 5.69 Å². The first-order valence-electron chi connectivity index (χ1n) is 7.66. The Balaban J connectivity index is 1.91. The number of nitrogens with one attached hydrogen (secondary N) is 1. The maximum Gasteiger partial charge on any atom is 0.356 e. The lowest BCUT2D eigenvalue weighted by atomic mass is 10.3. The minimum atomic E-state index is -4.15. The van der Waals surface area contributed by atoms with Crippen molar-refractivity contribution in [3.63, 3.8) is 0 Å². The summed E-state index contributed by atoms with van der Waals surface area (Å²) < 4.78 is 28.2. The monoisotopic (exact) mass is 386 g/mol. The maximum atomic E-state index is 12.5. The van der Waals surface area contributed by atoms with E-state index in [0.29, 0.717) is 11.3 Å². The largest absolute Gasteiger partial charge is 0.476 e. The van der Waals surface area contributed by atoms with Crippen LogP contribution < -0.4 is 4.72 Å². The number of hydrogen-bond donors (Lipinski definition) is 2. The molecular formula is C17H14N4O5S. The van der Waals surface area contributed by atoms with E-state index in [2.05, 4.69) is 10.1 Å². The molecule has 3 rings (SSSR count). The highest BCUT2D eigenvalue weighted by atomic mass is 32.2. The van der Waals surface area contributed by atoms with Crippen molar-refractivity contribution in [2.75, 3.05) is 0 Å². The molecule has 0 unspecified atom stereocenters. The predicted molar refractivity (Wildman–Crippen MR) is 94.1 cm³/mol. The summed E-state index contributed by atoms with van der Waals surface area (Å²) in [6.45, 7) is 1.58. The third-order valence-corrected chi connectivity index (χ3v) is 4.95. The van der Waals surface area contributed by atoms with Gasteiger partial charge in [0.15, 0.2) is 5.69 Å². The molecule has 0 saturated carbocycles. The summed E-state index contributed by atoms with van der Waals surface area (Å²) in [4.78, 5) is 26.8. The average Bonchev–Trinajstić information content (AvgIpc) is 3.04. The number of aryl methyl sites for hydroxylation is 1. The third kappa shape index (κ3) is 3.85. The molecule has 2 aromatic heterocycles. The molecule has 0 spiro atoms. The van der Waals surface area contributed by atoms with Gasteiger partial charge in [-0.2, -0.15) is 5.10 Å². The van der Waals surface area contributed by atoms with Gasteiger partial charge in [0.25, 0.3) is 15.9 Å². The minimum Gasteiger partial charge on any atom is -0.476 e. The molecule has 0 aliphatic carbocycles. The van der Waals surface area contributed by atoms with Crippen LogP contribution in [-0.4, -0.2) is 40.2 Å². The highest BCUT2D eigenvalue weighted by molar-refractivity contribution is 7.90. The molecule has 138 valence electrons. The Kier molecular flexibility index (Phi) is 4.74. The van der Waals surface area contributed by atoms with Gasteiger partial charge in [0.2, 0.25) is 0 Å². The van der Waals surface area contributed by atoms with E-state index in [9.17, 15) is 18.0 Å². The molecule has 0 saturated heterocycles. The van der Waals surface area contributed by atoms with Crippen molar-refractivity contribution in [2.45, 2.75) is 11.8 Å². The summed E-state index contributed by atoms with van der Waals surface area (Å²) in [7, 11) is -4.15. The van der Waals surface area contributed by atoms with Gasteiger partial charge >= 0.3 is 5.97 Å². The molecule has 2 N–H and O–H groups in total. The number of rotatable bonds is 5. The molecule has 3 aromatic rings. The standard InChI is InChI=1S/C17H14N4O5S/c1-11-10-21(19-15(11)17(23)24)12-5-4-6-13(9-12)27(25,26)20-16(22)14-7-2-3-8-18-14/h2-10H,1H3,(H,20,22)(H,23,24). The maximum absolute atomic E-state index is 12.5. The van der Waals surface area contributed by atoms with Gasteiger partial charge in [-0.1, -0.05) is 12.1 Å². The summed E-state index contributed by atoms with van der Waals surface area (Å²) in [6.07, 6.45) is 2.85. The molecule has 1 amide bonds. The number of carbonyl (C=O) groups is 2. The number of pyridine rings is 1. The van der Waals surface area contributed by atoms with Crippen molar-refractivity contribution in [3.8, 4) is 5.69 Å². The molecule has 1 aromatic carbocycles. The number of benzene rings is 1. The second-order valence-electron chi connectivity index (χ2n) is 5.56. The second kappa shape index (κ2) is 7.00. The smallest absolute Gasteiger partial charge is 0.356 e. The number of amides is 1. The normalized spacial score (nSPS) is 11.1. The second-order valence-corrected chi connectivity index (χ2v) is 7.24. The van der Waals surface area contributed by atoms with Crippen LogP contribution in [-0.2, 0) is 10.0 Å². The van der Waals surface area contributed by atoms with Gasteiger partial charge in [0.05, 0.1) is 10.6 Å². The van der Waals surface area contributed by atoms with Gasteiger partial charge in [0.1, 0.15) is 5.69 Å². The molecule has 2 heterocycles. The Morgan fingerprint density at radius 3 is 2.56 bits per heavy atom. The number of carboxylic acid groups (broad SMARTS) is 1. The molecule has 27 heavy (non-hydrogen) atoms. The molecule has 0 radical (unpaired) electrons. The van der Waals surface area contributed by atoms with E-state index >= 15 is 0 Å². The number of aromatic nitrogens is 3. The van der Waals surface area contributed by atoms with Crippen LogP contribution in [0.15, 0.2) is 59.8 Å². The number of hydrogen-bond acceptors (Lipinski definition) is 6. The number of nitrogens with zero attached hydrogens (tertiary/aromatic N) is 3. The van der Waals surface area contributed by atoms with E-state index in [-0.39, 0.29) is 16.3 Å². The average molecular weight is 386 g/mol. The zero-order chi connectivity index (χ0) is 19.6.